The van der Waals surface area contributed by atoms with Crippen molar-refractivity contribution >= 4 is 21.7 Å². The summed E-state index contributed by atoms with van der Waals surface area (Å²) in [7, 11) is 0. The second-order valence-corrected chi connectivity index (χ2v) is 5.17. The van der Waals surface area contributed by atoms with E-state index in [0.717, 1.165) is 34.4 Å². The van der Waals surface area contributed by atoms with Crippen LogP contribution in [0.2, 0.25) is 0 Å². The molecule has 0 radical (unpaired) electrons. The standard InChI is InChI=1S/C15H21BrO3/c1-4-18-14-10-15(19-5-2)13(16)9-12(14)8-6-7-11(3)17/h9-10H,4-8H2,1-3H3. The second kappa shape index (κ2) is 8.20. The van der Waals surface area contributed by atoms with Crippen LogP contribution < -0.4 is 9.47 Å². The quantitative estimate of drug-likeness (QED) is 0.718. The highest BCUT2D eigenvalue weighted by atomic mass is 79.9. The predicted octanol–water partition coefficient (Wildman–Crippen LogP) is 4.16. The van der Waals surface area contributed by atoms with E-state index in [9.17, 15) is 4.79 Å². The van der Waals surface area contributed by atoms with Gasteiger partial charge in [-0.05, 0) is 61.2 Å². The van der Waals surface area contributed by atoms with Gasteiger partial charge < -0.3 is 14.3 Å². The monoisotopic (exact) mass is 328 g/mol. The molecule has 0 aromatic heterocycles. The summed E-state index contributed by atoms with van der Waals surface area (Å²) in [5.74, 6) is 1.86. The van der Waals surface area contributed by atoms with E-state index < -0.39 is 0 Å². The van der Waals surface area contributed by atoms with Crippen molar-refractivity contribution in [2.75, 3.05) is 13.2 Å². The van der Waals surface area contributed by atoms with Gasteiger partial charge in [-0.3, -0.25) is 0 Å². The number of hydrogen-bond acceptors (Lipinski definition) is 3. The van der Waals surface area contributed by atoms with Crippen molar-refractivity contribution in [3.05, 3.63) is 22.2 Å². The van der Waals surface area contributed by atoms with E-state index in [0.29, 0.717) is 19.6 Å². The lowest BCUT2D eigenvalue weighted by molar-refractivity contribution is -0.117. The highest BCUT2D eigenvalue weighted by Gasteiger charge is 2.10. The fourth-order valence-electron chi connectivity index (χ4n) is 1.86. The largest absolute Gasteiger partial charge is 0.493 e. The van der Waals surface area contributed by atoms with Crippen LogP contribution in [0.1, 0.15) is 39.2 Å². The first-order chi connectivity index (χ1) is 9.08. The Morgan fingerprint density at radius 2 is 1.79 bits per heavy atom. The van der Waals surface area contributed by atoms with Gasteiger partial charge in [0.15, 0.2) is 0 Å². The Hall–Kier alpha value is -1.03. The van der Waals surface area contributed by atoms with Crippen molar-refractivity contribution in [3.8, 4) is 11.5 Å². The minimum atomic E-state index is 0.225. The molecule has 0 aliphatic rings. The summed E-state index contributed by atoms with van der Waals surface area (Å²) >= 11 is 3.51. The Labute approximate surface area is 123 Å². The van der Waals surface area contributed by atoms with Gasteiger partial charge >= 0.3 is 0 Å². The molecule has 0 saturated carbocycles. The molecule has 1 aromatic rings. The van der Waals surface area contributed by atoms with E-state index in [-0.39, 0.29) is 5.78 Å². The lowest BCUT2D eigenvalue weighted by Gasteiger charge is -2.14. The van der Waals surface area contributed by atoms with Crippen molar-refractivity contribution in [1.29, 1.82) is 0 Å². The number of aryl methyl sites for hydroxylation is 1. The average molecular weight is 329 g/mol. The van der Waals surface area contributed by atoms with Gasteiger partial charge in [0.1, 0.15) is 17.3 Å². The van der Waals surface area contributed by atoms with E-state index >= 15 is 0 Å². The van der Waals surface area contributed by atoms with Gasteiger partial charge in [-0.25, -0.2) is 0 Å². The lowest BCUT2D eigenvalue weighted by Crippen LogP contribution is -2.01. The number of halogens is 1. The summed E-state index contributed by atoms with van der Waals surface area (Å²) < 4.78 is 12.1. The van der Waals surface area contributed by atoms with E-state index in [1.165, 1.54) is 0 Å². The molecular formula is C15H21BrO3. The lowest BCUT2D eigenvalue weighted by atomic mass is 10.1. The Balaban J connectivity index is 2.87. The zero-order chi connectivity index (χ0) is 14.3. The molecule has 0 spiro atoms. The molecule has 1 aromatic carbocycles. The summed E-state index contributed by atoms with van der Waals surface area (Å²) in [6, 6.07) is 3.94. The maximum atomic E-state index is 11.0. The molecule has 106 valence electrons. The third-order valence-corrected chi connectivity index (χ3v) is 3.31. The van der Waals surface area contributed by atoms with Crippen LogP contribution in [0.25, 0.3) is 0 Å². The minimum Gasteiger partial charge on any atom is -0.493 e. The number of Topliss-reactive ketones (excluding diaryl/α,β-unsaturated/α-hetero) is 1. The Bertz CT molecular complexity index is 430. The topological polar surface area (TPSA) is 35.5 Å². The van der Waals surface area contributed by atoms with Crippen LogP contribution in [-0.4, -0.2) is 19.0 Å². The highest BCUT2D eigenvalue weighted by Crippen LogP contribution is 2.34. The Morgan fingerprint density at radius 1 is 1.16 bits per heavy atom. The number of ether oxygens (including phenoxy) is 2. The molecule has 4 heteroatoms. The zero-order valence-corrected chi connectivity index (χ0v) is 13.4. The fraction of sp³-hybridized carbons (Fsp3) is 0.533. The number of rotatable bonds is 8. The molecule has 3 nitrogen and oxygen atoms in total. The summed E-state index contributed by atoms with van der Waals surface area (Å²) in [5, 5.41) is 0. The van der Waals surface area contributed by atoms with Crippen LogP contribution in [0.5, 0.6) is 11.5 Å². The van der Waals surface area contributed by atoms with Crippen molar-refractivity contribution in [2.45, 2.75) is 40.0 Å². The van der Waals surface area contributed by atoms with Gasteiger partial charge in [0.25, 0.3) is 0 Å². The Kier molecular flexibility index (Phi) is 6.92. The Morgan fingerprint density at radius 3 is 2.37 bits per heavy atom. The number of carbonyl (C=O) groups is 1. The molecule has 0 aliphatic carbocycles. The van der Waals surface area contributed by atoms with Crippen molar-refractivity contribution < 1.29 is 14.3 Å². The van der Waals surface area contributed by atoms with E-state index in [4.69, 9.17) is 9.47 Å². The molecule has 0 saturated heterocycles. The van der Waals surface area contributed by atoms with Crippen LogP contribution in [-0.2, 0) is 11.2 Å². The van der Waals surface area contributed by atoms with Gasteiger partial charge in [-0.1, -0.05) is 0 Å². The maximum Gasteiger partial charge on any atom is 0.137 e. The molecule has 1 rings (SSSR count). The summed E-state index contributed by atoms with van der Waals surface area (Å²) in [6.07, 6.45) is 2.28. The average Bonchev–Trinajstić information content (AvgIpc) is 2.34. The van der Waals surface area contributed by atoms with Crippen LogP contribution in [0.15, 0.2) is 16.6 Å². The van der Waals surface area contributed by atoms with E-state index in [1.807, 2.05) is 26.0 Å². The number of benzene rings is 1. The molecule has 0 unspecified atom stereocenters. The number of carbonyl (C=O) groups excluding carboxylic acids is 1. The molecule has 0 N–H and O–H groups in total. The van der Waals surface area contributed by atoms with Crippen molar-refractivity contribution in [2.24, 2.45) is 0 Å². The minimum absolute atomic E-state index is 0.225. The van der Waals surface area contributed by atoms with Gasteiger partial charge in [0, 0.05) is 12.5 Å². The van der Waals surface area contributed by atoms with Crippen LogP contribution in [0.4, 0.5) is 0 Å². The molecule has 0 bridgehead atoms. The SMILES string of the molecule is CCOc1cc(OCC)c(CCCC(C)=O)cc1Br. The van der Waals surface area contributed by atoms with Crippen molar-refractivity contribution in [1.82, 2.24) is 0 Å². The molecule has 0 atom stereocenters. The normalized spacial score (nSPS) is 10.3. The van der Waals surface area contributed by atoms with Gasteiger partial charge in [-0.2, -0.15) is 0 Å². The molecular weight excluding hydrogens is 308 g/mol. The van der Waals surface area contributed by atoms with Gasteiger partial charge in [-0.15, -0.1) is 0 Å². The first-order valence-electron chi connectivity index (χ1n) is 6.65. The molecule has 0 amide bonds. The van der Waals surface area contributed by atoms with Crippen LogP contribution in [0, 0.1) is 0 Å². The van der Waals surface area contributed by atoms with E-state index in [2.05, 4.69) is 15.9 Å². The first kappa shape index (κ1) is 16.0. The van der Waals surface area contributed by atoms with Gasteiger partial charge in [0.05, 0.1) is 17.7 Å². The number of ketones is 1. The van der Waals surface area contributed by atoms with Crippen molar-refractivity contribution in [3.63, 3.8) is 0 Å². The number of hydrogen-bond donors (Lipinski definition) is 0. The molecule has 0 fully saturated rings. The first-order valence-corrected chi connectivity index (χ1v) is 7.45. The molecule has 19 heavy (non-hydrogen) atoms. The summed E-state index contributed by atoms with van der Waals surface area (Å²) in [6.45, 7) is 6.77. The van der Waals surface area contributed by atoms with Gasteiger partial charge in [0.2, 0.25) is 0 Å². The summed E-state index contributed by atoms with van der Waals surface area (Å²) in [5.41, 5.74) is 1.11. The fourth-order valence-corrected chi connectivity index (χ4v) is 2.36. The molecule has 0 aliphatic heterocycles. The van der Waals surface area contributed by atoms with E-state index in [1.54, 1.807) is 6.92 Å². The van der Waals surface area contributed by atoms with Crippen LogP contribution in [0.3, 0.4) is 0 Å². The zero-order valence-electron chi connectivity index (χ0n) is 11.8. The predicted molar refractivity (Wildman–Crippen MR) is 80.1 cm³/mol. The third kappa shape index (κ3) is 5.23. The smallest absolute Gasteiger partial charge is 0.137 e. The summed E-state index contributed by atoms with van der Waals surface area (Å²) in [4.78, 5) is 11.0. The maximum absolute atomic E-state index is 11.0. The highest BCUT2D eigenvalue weighted by molar-refractivity contribution is 9.10. The third-order valence-electron chi connectivity index (χ3n) is 2.69. The van der Waals surface area contributed by atoms with Crippen LogP contribution >= 0.6 is 15.9 Å². The molecule has 0 heterocycles. The second-order valence-electron chi connectivity index (χ2n) is 4.31.